The first-order valence-electron chi connectivity index (χ1n) is 7.52. The van der Waals surface area contributed by atoms with Crippen LogP contribution in [-0.2, 0) is 6.42 Å². The van der Waals surface area contributed by atoms with Gasteiger partial charge in [-0.25, -0.2) is 0 Å². The summed E-state index contributed by atoms with van der Waals surface area (Å²) in [5.74, 6) is 2.23. The predicted molar refractivity (Wildman–Crippen MR) is 72.8 cm³/mol. The molecule has 0 amide bonds. The quantitative estimate of drug-likeness (QED) is 0.820. The molecule has 0 saturated carbocycles. The third kappa shape index (κ3) is 2.67. The van der Waals surface area contributed by atoms with E-state index in [1.807, 2.05) is 0 Å². The van der Waals surface area contributed by atoms with E-state index in [9.17, 15) is 0 Å². The summed E-state index contributed by atoms with van der Waals surface area (Å²) < 4.78 is 5.37. The van der Waals surface area contributed by atoms with Crippen LogP contribution in [0.25, 0.3) is 0 Å². The molecule has 3 heterocycles. The van der Waals surface area contributed by atoms with E-state index in [0.717, 1.165) is 49.6 Å². The number of unbranched alkanes of at least 4 members (excludes halogenated alkanes) is 1. The monoisotopic (exact) mass is 264 g/mol. The Bertz CT molecular complexity index is 405. The Labute approximate surface area is 114 Å². The summed E-state index contributed by atoms with van der Waals surface area (Å²) in [5, 5.41) is 4.20. The first kappa shape index (κ1) is 13.1. The molecule has 5 nitrogen and oxygen atoms in total. The minimum Gasteiger partial charge on any atom is -0.339 e. The molecule has 1 aromatic heterocycles. The number of hydrogen-bond acceptors (Lipinski definition) is 5. The van der Waals surface area contributed by atoms with Crippen molar-refractivity contribution >= 4 is 0 Å². The number of aryl methyl sites for hydroxylation is 1. The molecule has 5 heteroatoms. The SMILES string of the molecule is CN1C2CCC1CC(c1noc(CCCCN)n1)C2. The Morgan fingerprint density at radius 2 is 2.00 bits per heavy atom. The van der Waals surface area contributed by atoms with E-state index in [4.69, 9.17) is 10.3 Å². The van der Waals surface area contributed by atoms with Crippen LogP contribution in [0.4, 0.5) is 0 Å². The molecule has 0 aliphatic carbocycles. The standard InChI is InChI=1S/C14H24N4O/c1-18-11-5-6-12(18)9-10(8-11)14-16-13(19-17-14)4-2-3-7-15/h10-12H,2-9,15H2,1H3. The van der Waals surface area contributed by atoms with Crippen LogP contribution in [0.3, 0.4) is 0 Å². The minimum absolute atomic E-state index is 0.501. The van der Waals surface area contributed by atoms with Gasteiger partial charge in [-0.1, -0.05) is 5.16 Å². The molecular weight excluding hydrogens is 240 g/mol. The maximum absolute atomic E-state index is 5.49. The van der Waals surface area contributed by atoms with Crippen molar-refractivity contribution in [3.05, 3.63) is 11.7 Å². The molecule has 0 radical (unpaired) electrons. The van der Waals surface area contributed by atoms with Gasteiger partial charge in [-0.15, -0.1) is 0 Å². The summed E-state index contributed by atoms with van der Waals surface area (Å²) >= 11 is 0. The molecule has 2 aliphatic rings. The molecule has 2 fully saturated rings. The lowest BCUT2D eigenvalue weighted by atomic mass is 9.90. The third-order valence-corrected chi connectivity index (χ3v) is 4.79. The number of piperidine rings is 1. The summed E-state index contributed by atoms with van der Waals surface area (Å²) in [5.41, 5.74) is 5.49. The molecule has 0 spiro atoms. The van der Waals surface area contributed by atoms with Gasteiger partial charge < -0.3 is 15.2 Å². The molecule has 2 aliphatic heterocycles. The second-order valence-electron chi connectivity index (χ2n) is 6.01. The smallest absolute Gasteiger partial charge is 0.226 e. The number of rotatable bonds is 5. The van der Waals surface area contributed by atoms with Crippen molar-refractivity contribution in [2.24, 2.45) is 5.73 Å². The summed E-state index contributed by atoms with van der Waals surface area (Å²) in [4.78, 5) is 7.13. The lowest BCUT2D eigenvalue weighted by Gasteiger charge is -2.34. The number of nitrogens with two attached hydrogens (primary N) is 1. The molecule has 2 atom stereocenters. The van der Waals surface area contributed by atoms with Crippen molar-refractivity contribution in [3.8, 4) is 0 Å². The van der Waals surface area contributed by atoms with E-state index >= 15 is 0 Å². The summed E-state index contributed by atoms with van der Waals surface area (Å²) in [6.45, 7) is 0.735. The largest absolute Gasteiger partial charge is 0.339 e. The molecule has 2 saturated heterocycles. The Balaban J connectivity index is 1.60. The first-order valence-corrected chi connectivity index (χ1v) is 7.52. The van der Waals surface area contributed by atoms with E-state index in [2.05, 4.69) is 22.1 Å². The van der Waals surface area contributed by atoms with Crippen LogP contribution >= 0.6 is 0 Å². The van der Waals surface area contributed by atoms with Crippen LogP contribution in [-0.4, -0.2) is 40.7 Å². The molecule has 2 bridgehead atoms. The Morgan fingerprint density at radius 3 is 2.68 bits per heavy atom. The van der Waals surface area contributed by atoms with Crippen LogP contribution in [0.5, 0.6) is 0 Å². The minimum atomic E-state index is 0.501. The maximum Gasteiger partial charge on any atom is 0.226 e. The third-order valence-electron chi connectivity index (χ3n) is 4.79. The topological polar surface area (TPSA) is 68.2 Å². The molecule has 2 unspecified atom stereocenters. The van der Waals surface area contributed by atoms with Crippen molar-refractivity contribution in [2.75, 3.05) is 13.6 Å². The van der Waals surface area contributed by atoms with Crippen LogP contribution in [0.15, 0.2) is 4.52 Å². The fraction of sp³-hybridized carbons (Fsp3) is 0.857. The average Bonchev–Trinajstić information content (AvgIpc) is 2.93. The van der Waals surface area contributed by atoms with Gasteiger partial charge in [0.15, 0.2) is 5.82 Å². The van der Waals surface area contributed by atoms with Crippen molar-refractivity contribution in [1.29, 1.82) is 0 Å². The average molecular weight is 264 g/mol. The van der Waals surface area contributed by atoms with Crippen molar-refractivity contribution < 1.29 is 4.52 Å². The molecule has 106 valence electrons. The second-order valence-corrected chi connectivity index (χ2v) is 6.01. The van der Waals surface area contributed by atoms with E-state index < -0.39 is 0 Å². The van der Waals surface area contributed by atoms with Crippen LogP contribution < -0.4 is 5.73 Å². The van der Waals surface area contributed by atoms with Crippen molar-refractivity contribution in [3.63, 3.8) is 0 Å². The van der Waals surface area contributed by atoms with E-state index in [-0.39, 0.29) is 0 Å². The van der Waals surface area contributed by atoms with Gasteiger partial charge in [0, 0.05) is 24.4 Å². The molecular formula is C14H24N4O. The number of hydrogen-bond donors (Lipinski definition) is 1. The zero-order valence-corrected chi connectivity index (χ0v) is 11.7. The highest BCUT2D eigenvalue weighted by Crippen LogP contribution is 2.41. The first-order chi connectivity index (χ1) is 9.28. The van der Waals surface area contributed by atoms with Gasteiger partial charge in [0.25, 0.3) is 0 Å². The number of nitrogens with zero attached hydrogens (tertiary/aromatic N) is 3. The van der Waals surface area contributed by atoms with E-state index in [1.165, 1.54) is 25.7 Å². The van der Waals surface area contributed by atoms with Gasteiger partial charge in [-0.3, -0.25) is 0 Å². The van der Waals surface area contributed by atoms with E-state index in [0.29, 0.717) is 5.92 Å². The number of aromatic nitrogens is 2. The molecule has 2 N–H and O–H groups in total. The van der Waals surface area contributed by atoms with Gasteiger partial charge in [0.05, 0.1) is 0 Å². The maximum atomic E-state index is 5.49. The van der Waals surface area contributed by atoms with Gasteiger partial charge in [0.1, 0.15) is 0 Å². The Kier molecular flexibility index (Phi) is 3.84. The van der Waals surface area contributed by atoms with E-state index in [1.54, 1.807) is 0 Å². The molecule has 0 aromatic carbocycles. The number of fused-ring (bicyclic) bond motifs is 2. The van der Waals surface area contributed by atoms with Gasteiger partial charge in [0.2, 0.25) is 5.89 Å². The van der Waals surface area contributed by atoms with Gasteiger partial charge in [-0.05, 0) is 52.1 Å². The summed E-state index contributed by atoms with van der Waals surface area (Å²) in [7, 11) is 2.26. The summed E-state index contributed by atoms with van der Waals surface area (Å²) in [6.07, 6.45) is 7.97. The van der Waals surface area contributed by atoms with Gasteiger partial charge in [-0.2, -0.15) is 4.98 Å². The highest BCUT2D eigenvalue weighted by atomic mass is 16.5. The lowest BCUT2D eigenvalue weighted by molar-refractivity contribution is 0.157. The van der Waals surface area contributed by atoms with Crippen LogP contribution in [0, 0.1) is 0 Å². The molecule has 1 aromatic rings. The molecule has 19 heavy (non-hydrogen) atoms. The zero-order chi connectivity index (χ0) is 13.2. The normalized spacial score (nSPS) is 30.9. The fourth-order valence-electron chi connectivity index (χ4n) is 3.58. The van der Waals surface area contributed by atoms with Crippen molar-refractivity contribution in [2.45, 2.75) is 62.9 Å². The summed E-state index contributed by atoms with van der Waals surface area (Å²) in [6, 6.07) is 1.45. The Morgan fingerprint density at radius 1 is 1.26 bits per heavy atom. The van der Waals surface area contributed by atoms with Gasteiger partial charge >= 0.3 is 0 Å². The second kappa shape index (κ2) is 5.59. The van der Waals surface area contributed by atoms with Crippen molar-refractivity contribution in [1.82, 2.24) is 15.0 Å². The van der Waals surface area contributed by atoms with Crippen LogP contribution in [0.1, 0.15) is 56.2 Å². The Hall–Kier alpha value is -0.940. The predicted octanol–water partition coefficient (Wildman–Crippen LogP) is 1.69. The van der Waals surface area contributed by atoms with Crippen LogP contribution in [0.2, 0.25) is 0 Å². The highest BCUT2D eigenvalue weighted by Gasteiger charge is 2.40. The zero-order valence-electron chi connectivity index (χ0n) is 11.7. The highest BCUT2D eigenvalue weighted by molar-refractivity contribution is 5.05. The lowest BCUT2D eigenvalue weighted by Crippen LogP contribution is -2.39. The molecule has 3 rings (SSSR count). The fourth-order valence-corrected chi connectivity index (χ4v) is 3.58.